The van der Waals surface area contributed by atoms with Crippen molar-refractivity contribution in [3.63, 3.8) is 0 Å². The normalized spacial score (nSPS) is 13.7. The molecule has 0 aliphatic carbocycles. The lowest BCUT2D eigenvalue weighted by Crippen LogP contribution is -2.00. The van der Waals surface area contributed by atoms with E-state index in [1.165, 1.54) is 23.1 Å². The van der Waals surface area contributed by atoms with Crippen LogP contribution in [0.25, 0.3) is 0 Å². The number of halogens is 1. The maximum absolute atomic E-state index is 6.14. The summed E-state index contributed by atoms with van der Waals surface area (Å²) in [5, 5.41) is 0.855. The summed E-state index contributed by atoms with van der Waals surface area (Å²) in [6, 6.07) is 6.35. The van der Waals surface area contributed by atoms with Gasteiger partial charge in [-0.1, -0.05) is 56.5 Å². The van der Waals surface area contributed by atoms with Crippen LogP contribution in [-0.4, -0.2) is 0 Å². The zero-order chi connectivity index (χ0) is 13.5. The Bertz CT molecular complexity index is 404. The van der Waals surface area contributed by atoms with E-state index < -0.39 is 0 Å². The predicted molar refractivity (Wildman–Crippen MR) is 82.5 cm³/mol. The van der Waals surface area contributed by atoms with E-state index in [0.717, 1.165) is 24.3 Å². The molecular formula is C17H25Cl. The molecule has 0 amide bonds. The maximum atomic E-state index is 6.14. The first kappa shape index (κ1) is 15.3. The second-order valence-electron chi connectivity index (χ2n) is 5.16. The van der Waals surface area contributed by atoms with Crippen molar-refractivity contribution in [2.24, 2.45) is 0 Å². The average molecular weight is 265 g/mol. The van der Waals surface area contributed by atoms with Gasteiger partial charge >= 0.3 is 0 Å². The van der Waals surface area contributed by atoms with Crippen LogP contribution in [0.2, 0.25) is 5.02 Å². The summed E-state index contributed by atoms with van der Waals surface area (Å²) in [5.41, 5.74) is 4.36. The molecule has 0 aliphatic heterocycles. The lowest BCUT2D eigenvalue weighted by atomic mass is 9.89. The van der Waals surface area contributed by atoms with Crippen molar-refractivity contribution in [3.05, 3.63) is 46.0 Å². The zero-order valence-corrected chi connectivity index (χ0v) is 12.8. The number of hydrogen-bond donors (Lipinski definition) is 0. The highest BCUT2D eigenvalue weighted by molar-refractivity contribution is 6.30. The van der Waals surface area contributed by atoms with E-state index in [-0.39, 0.29) is 0 Å². The third kappa shape index (κ3) is 4.49. The standard InChI is InChI=1S/C17H25Cl/c1-5-7-13(3)11-14(4)17-12-16(18)10-9-15(17)8-6-2/h7,9-10,12,14H,5-6,8,11H2,1-4H3/b13-7-. The topological polar surface area (TPSA) is 0 Å². The molecule has 1 heteroatoms. The number of aryl methyl sites for hydroxylation is 1. The van der Waals surface area contributed by atoms with Gasteiger partial charge in [-0.2, -0.15) is 0 Å². The van der Waals surface area contributed by atoms with Crippen LogP contribution in [0.5, 0.6) is 0 Å². The molecule has 0 nitrogen and oxygen atoms in total. The van der Waals surface area contributed by atoms with E-state index in [2.05, 4.69) is 45.9 Å². The molecule has 0 bridgehead atoms. The molecule has 0 heterocycles. The van der Waals surface area contributed by atoms with Crippen molar-refractivity contribution in [2.45, 2.75) is 59.3 Å². The highest BCUT2D eigenvalue weighted by Gasteiger charge is 2.11. The third-order valence-electron chi connectivity index (χ3n) is 3.34. The van der Waals surface area contributed by atoms with E-state index in [1.54, 1.807) is 0 Å². The molecule has 0 fully saturated rings. The van der Waals surface area contributed by atoms with Gasteiger partial charge in [0.25, 0.3) is 0 Å². The Kier molecular flexibility index (Phi) is 6.49. The second kappa shape index (κ2) is 7.63. The smallest absolute Gasteiger partial charge is 0.0409 e. The van der Waals surface area contributed by atoms with Gasteiger partial charge in [-0.3, -0.25) is 0 Å². The quantitative estimate of drug-likeness (QED) is 0.541. The van der Waals surface area contributed by atoms with Gasteiger partial charge in [0.15, 0.2) is 0 Å². The van der Waals surface area contributed by atoms with Gasteiger partial charge in [0, 0.05) is 5.02 Å². The molecule has 100 valence electrons. The Morgan fingerprint density at radius 2 is 2.06 bits per heavy atom. The van der Waals surface area contributed by atoms with Crippen LogP contribution >= 0.6 is 11.6 Å². The summed E-state index contributed by atoms with van der Waals surface area (Å²) in [4.78, 5) is 0. The Hall–Kier alpha value is -0.750. The maximum Gasteiger partial charge on any atom is 0.0409 e. The van der Waals surface area contributed by atoms with Crippen molar-refractivity contribution in [1.29, 1.82) is 0 Å². The van der Waals surface area contributed by atoms with Crippen molar-refractivity contribution in [1.82, 2.24) is 0 Å². The van der Waals surface area contributed by atoms with Crippen molar-refractivity contribution >= 4 is 11.6 Å². The van der Waals surface area contributed by atoms with Gasteiger partial charge in [0.2, 0.25) is 0 Å². The van der Waals surface area contributed by atoms with Crippen LogP contribution in [0.3, 0.4) is 0 Å². The van der Waals surface area contributed by atoms with E-state index in [4.69, 9.17) is 11.6 Å². The lowest BCUT2D eigenvalue weighted by Gasteiger charge is -2.17. The molecular weight excluding hydrogens is 240 g/mol. The molecule has 0 spiro atoms. The fourth-order valence-corrected chi connectivity index (χ4v) is 2.73. The summed E-state index contributed by atoms with van der Waals surface area (Å²) < 4.78 is 0. The third-order valence-corrected chi connectivity index (χ3v) is 3.57. The molecule has 1 aromatic carbocycles. The van der Waals surface area contributed by atoms with Gasteiger partial charge in [-0.25, -0.2) is 0 Å². The Morgan fingerprint density at radius 1 is 1.33 bits per heavy atom. The molecule has 0 aromatic heterocycles. The first-order valence-electron chi connectivity index (χ1n) is 7.02. The molecule has 1 atom stereocenters. The van der Waals surface area contributed by atoms with Crippen LogP contribution in [-0.2, 0) is 6.42 Å². The van der Waals surface area contributed by atoms with Gasteiger partial charge in [-0.05, 0) is 55.4 Å². The molecule has 1 aromatic rings. The van der Waals surface area contributed by atoms with Crippen LogP contribution in [0.1, 0.15) is 64.0 Å². The fraction of sp³-hybridized carbons (Fsp3) is 0.529. The number of rotatable bonds is 6. The van der Waals surface area contributed by atoms with Gasteiger partial charge in [0.05, 0.1) is 0 Å². The van der Waals surface area contributed by atoms with Gasteiger partial charge < -0.3 is 0 Å². The molecule has 1 unspecified atom stereocenters. The van der Waals surface area contributed by atoms with Crippen LogP contribution in [0, 0.1) is 0 Å². The van der Waals surface area contributed by atoms with E-state index >= 15 is 0 Å². The lowest BCUT2D eigenvalue weighted by molar-refractivity contribution is 0.731. The molecule has 0 radical (unpaired) electrons. The van der Waals surface area contributed by atoms with Crippen molar-refractivity contribution in [2.75, 3.05) is 0 Å². The molecule has 0 saturated carbocycles. The van der Waals surface area contributed by atoms with Gasteiger partial charge in [0.1, 0.15) is 0 Å². The Balaban J connectivity index is 2.92. The molecule has 1 rings (SSSR count). The van der Waals surface area contributed by atoms with Crippen molar-refractivity contribution < 1.29 is 0 Å². The molecule has 0 aliphatic rings. The van der Waals surface area contributed by atoms with E-state index in [0.29, 0.717) is 5.92 Å². The Morgan fingerprint density at radius 3 is 2.67 bits per heavy atom. The highest BCUT2D eigenvalue weighted by atomic mass is 35.5. The first-order chi connectivity index (χ1) is 8.58. The summed E-state index contributed by atoms with van der Waals surface area (Å²) >= 11 is 6.14. The first-order valence-corrected chi connectivity index (χ1v) is 7.40. The van der Waals surface area contributed by atoms with E-state index in [1.807, 2.05) is 6.07 Å². The molecule has 18 heavy (non-hydrogen) atoms. The second-order valence-corrected chi connectivity index (χ2v) is 5.59. The predicted octanol–water partition coefficient (Wildman–Crippen LogP) is 6.14. The monoisotopic (exact) mass is 264 g/mol. The molecule has 0 saturated heterocycles. The van der Waals surface area contributed by atoms with Crippen LogP contribution < -0.4 is 0 Å². The molecule has 0 N–H and O–H groups in total. The largest absolute Gasteiger partial charge is 0.0859 e. The summed E-state index contributed by atoms with van der Waals surface area (Å²) in [5.74, 6) is 0.549. The van der Waals surface area contributed by atoms with E-state index in [9.17, 15) is 0 Å². The number of benzene rings is 1. The minimum Gasteiger partial charge on any atom is -0.0859 e. The van der Waals surface area contributed by atoms with Crippen LogP contribution in [0.15, 0.2) is 29.8 Å². The summed E-state index contributed by atoms with van der Waals surface area (Å²) in [6.45, 7) is 8.95. The SMILES string of the molecule is CC/C=C(/C)CC(C)c1cc(Cl)ccc1CCC. The highest BCUT2D eigenvalue weighted by Crippen LogP contribution is 2.29. The number of hydrogen-bond acceptors (Lipinski definition) is 0. The Labute approximate surface area is 117 Å². The van der Waals surface area contributed by atoms with Gasteiger partial charge in [-0.15, -0.1) is 0 Å². The average Bonchev–Trinajstić information content (AvgIpc) is 2.32. The van der Waals surface area contributed by atoms with Crippen LogP contribution in [0.4, 0.5) is 0 Å². The minimum absolute atomic E-state index is 0.549. The zero-order valence-electron chi connectivity index (χ0n) is 12.1. The summed E-state index contributed by atoms with van der Waals surface area (Å²) in [7, 11) is 0. The number of allylic oxidation sites excluding steroid dienone is 2. The minimum atomic E-state index is 0.549. The summed E-state index contributed by atoms with van der Waals surface area (Å²) in [6.07, 6.45) is 6.90. The fourth-order valence-electron chi connectivity index (χ4n) is 2.55. The van der Waals surface area contributed by atoms with Crippen molar-refractivity contribution in [3.8, 4) is 0 Å².